The fourth-order valence-electron chi connectivity index (χ4n) is 3.08. The number of aromatic nitrogens is 2. The maximum absolute atomic E-state index is 12.8. The SMILES string of the molecule is Cc1nc(-c2cccs2)sc1C(=O)Nc1ccc2c(ccn2CCN(C)C)c1. The van der Waals surface area contributed by atoms with Crippen molar-refractivity contribution in [1.29, 1.82) is 0 Å². The summed E-state index contributed by atoms with van der Waals surface area (Å²) in [5.74, 6) is -0.107. The second-order valence-corrected chi connectivity index (χ2v) is 8.90. The number of rotatable bonds is 6. The highest BCUT2D eigenvalue weighted by Crippen LogP contribution is 2.31. The molecule has 28 heavy (non-hydrogen) atoms. The zero-order valence-electron chi connectivity index (χ0n) is 16.1. The van der Waals surface area contributed by atoms with Crippen LogP contribution in [0.15, 0.2) is 48.0 Å². The minimum atomic E-state index is -0.107. The number of fused-ring (bicyclic) bond motifs is 1. The van der Waals surface area contributed by atoms with E-state index in [4.69, 9.17) is 0 Å². The number of aryl methyl sites for hydroxylation is 1. The molecular formula is C21H22N4OS2. The number of nitrogens with zero attached hydrogens (tertiary/aromatic N) is 3. The monoisotopic (exact) mass is 410 g/mol. The predicted molar refractivity (Wildman–Crippen MR) is 119 cm³/mol. The summed E-state index contributed by atoms with van der Waals surface area (Å²) in [5, 5.41) is 7.06. The molecule has 0 saturated carbocycles. The first kappa shape index (κ1) is 18.9. The fourth-order valence-corrected chi connectivity index (χ4v) is 4.84. The van der Waals surface area contributed by atoms with Crippen molar-refractivity contribution in [2.24, 2.45) is 0 Å². The molecule has 1 aromatic carbocycles. The summed E-state index contributed by atoms with van der Waals surface area (Å²) in [6, 6.07) is 12.2. The highest BCUT2D eigenvalue weighted by Gasteiger charge is 2.17. The number of anilines is 1. The molecule has 0 aliphatic rings. The van der Waals surface area contributed by atoms with Crippen LogP contribution in [0.5, 0.6) is 0 Å². The van der Waals surface area contributed by atoms with Gasteiger partial charge < -0.3 is 14.8 Å². The number of nitrogens with one attached hydrogen (secondary N) is 1. The average molecular weight is 411 g/mol. The lowest BCUT2D eigenvalue weighted by molar-refractivity contribution is 0.103. The third-order valence-electron chi connectivity index (χ3n) is 4.55. The van der Waals surface area contributed by atoms with E-state index in [1.54, 1.807) is 11.3 Å². The van der Waals surface area contributed by atoms with Gasteiger partial charge in [0.2, 0.25) is 0 Å². The van der Waals surface area contributed by atoms with E-state index in [1.807, 2.05) is 36.6 Å². The molecule has 7 heteroatoms. The lowest BCUT2D eigenvalue weighted by Crippen LogP contribution is -2.17. The molecule has 3 aromatic heterocycles. The molecule has 4 aromatic rings. The number of amides is 1. The fraction of sp³-hybridized carbons (Fsp3) is 0.238. The van der Waals surface area contributed by atoms with Gasteiger partial charge in [-0.15, -0.1) is 22.7 Å². The quantitative estimate of drug-likeness (QED) is 0.489. The summed E-state index contributed by atoms with van der Waals surface area (Å²) < 4.78 is 2.24. The minimum Gasteiger partial charge on any atom is -0.346 e. The molecule has 4 rings (SSSR count). The van der Waals surface area contributed by atoms with Gasteiger partial charge in [0, 0.05) is 35.9 Å². The van der Waals surface area contributed by atoms with E-state index in [2.05, 4.69) is 52.2 Å². The van der Waals surface area contributed by atoms with Crippen molar-refractivity contribution in [2.75, 3.05) is 26.0 Å². The van der Waals surface area contributed by atoms with E-state index in [9.17, 15) is 4.79 Å². The number of carbonyl (C=O) groups excluding carboxylic acids is 1. The Hall–Kier alpha value is -2.48. The zero-order valence-corrected chi connectivity index (χ0v) is 17.7. The maximum atomic E-state index is 12.8. The molecule has 0 aliphatic heterocycles. The Kier molecular flexibility index (Phi) is 5.30. The summed E-state index contributed by atoms with van der Waals surface area (Å²) in [6.07, 6.45) is 2.10. The number of thiophene rings is 1. The third-order valence-corrected chi connectivity index (χ3v) is 6.75. The van der Waals surface area contributed by atoms with Crippen LogP contribution in [0.3, 0.4) is 0 Å². The van der Waals surface area contributed by atoms with E-state index in [-0.39, 0.29) is 5.91 Å². The Morgan fingerprint density at radius 1 is 1.25 bits per heavy atom. The van der Waals surface area contributed by atoms with E-state index in [0.29, 0.717) is 4.88 Å². The lowest BCUT2D eigenvalue weighted by atomic mass is 10.2. The molecular weight excluding hydrogens is 388 g/mol. The number of likely N-dealkylation sites (N-methyl/N-ethyl adjacent to an activating group) is 1. The summed E-state index contributed by atoms with van der Waals surface area (Å²) >= 11 is 3.07. The van der Waals surface area contributed by atoms with Crippen molar-refractivity contribution < 1.29 is 4.79 Å². The highest BCUT2D eigenvalue weighted by molar-refractivity contribution is 7.22. The van der Waals surface area contributed by atoms with Gasteiger partial charge in [0.15, 0.2) is 0 Å². The molecule has 0 aliphatic carbocycles. The Morgan fingerprint density at radius 3 is 2.86 bits per heavy atom. The first-order chi connectivity index (χ1) is 13.5. The topological polar surface area (TPSA) is 50.2 Å². The lowest BCUT2D eigenvalue weighted by Gasteiger charge is -2.11. The van der Waals surface area contributed by atoms with Crippen LogP contribution in [0.25, 0.3) is 20.8 Å². The first-order valence-electron chi connectivity index (χ1n) is 9.07. The molecule has 0 radical (unpaired) electrons. The van der Waals surface area contributed by atoms with E-state index >= 15 is 0 Å². The summed E-state index contributed by atoms with van der Waals surface area (Å²) in [4.78, 5) is 21.3. The Labute approximate surface area is 172 Å². The van der Waals surface area contributed by atoms with Gasteiger partial charge in [-0.25, -0.2) is 4.98 Å². The van der Waals surface area contributed by atoms with E-state index in [1.165, 1.54) is 16.9 Å². The van der Waals surface area contributed by atoms with Crippen LogP contribution < -0.4 is 5.32 Å². The Balaban J connectivity index is 1.52. The van der Waals surface area contributed by atoms with Crippen LogP contribution in [0.4, 0.5) is 5.69 Å². The van der Waals surface area contributed by atoms with Gasteiger partial charge in [-0.3, -0.25) is 4.79 Å². The van der Waals surface area contributed by atoms with Gasteiger partial charge in [-0.05, 0) is 56.7 Å². The maximum Gasteiger partial charge on any atom is 0.267 e. The Morgan fingerprint density at radius 2 is 2.11 bits per heavy atom. The van der Waals surface area contributed by atoms with Crippen molar-refractivity contribution >= 4 is 45.2 Å². The summed E-state index contributed by atoms with van der Waals surface area (Å²) in [6.45, 7) is 3.81. The smallest absolute Gasteiger partial charge is 0.267 e. The number of thiazole rings is 1. The minimum absolute atomic E-state index is 0.107. The van der Waals surface area contributed by atoms with Gasteiger partial charge in [-0.2, -0.15) is 0 Å². The van der Waals surface area contributed by atoms with Gasteiger partial charge in [0.1, 0.15) is 9.88 Å². The molecule has 5 nitrogen and oxygen atoms in total. The summed E-state index contributed by atoms with van der Waals surface area (Å²) in [5.41, 5.74) is 2.74. The van der Waals surface area contributed by atoms with Crippen molar-refractivity contribution in [3.8, 4) is 9.88 Å². The van der Waals surface area contributed by atoms with Crippen LogP contribution in [0.1, 0.15) is 15.4 Å². The van der Waals surface area contributed by atoms with Crippen LogP contribution >= 0.6 is 22.7 Å². The molecule has 1 amide bonds. The first-order valence-corrected chi connectivity index (χ1v) is 10.8. The van der Waals surface area contributed by atoms with Gasteiger partial charge in [0.05, 0.1) is 10.6 Å². The van der Waals surface area contributed by atoms with Gasteiger partial charge in [0.25, 0.3) is 5.91 Å². The van der Waals surface area contributed by atoms with Crippen molar-refractivity contribution in [3.05, 3.63) is 58.5 Å². The zero-order chi connectivity index (χ0) is 19.7. The van der Waals surface area contributed by atoms with Gasteiger partial charge in [-0.1, -0.05) is 6.07 Å². The molecule has 1 N–H and O–H groups in total. The van der Waals surface area contributed by atoms with Crippen LogP contribution in [-0.4, -0.2) is 41.0 Å². The largest absolute Gasteiger partial charge is 0.346 e. The second kappa shape index (κ2) is 7.87. The molecule has 0 fully saturated rings. The molecule has 144 valence electrons. The van der Waals surface area contributed by atoms with Crippen LogP contribution in [0.2, 0.25) is 0 Å². The molecule has 0 spiro atoms. The van der Waals surface area contributed by atoms with E-state index in [0.717, 1.165) is 39.7 Å². The normalized spacial score (nSPS) is 11.4. The third kappa shape index (κ3) is 3.87. The predicted octanol–water partition coefficient (Wildman–Crippen LogP) is 4.95. The number of benzene rings is 1. The van der Waals surface area contributed by atoms with Crippen molar-refractivity contribution in [2.45, 2.75) is 13.5 Å². The molecule has 0 saturated heterocycles. The van der Waals surface area contributed by atoms with Crippen molar-refractivity contribution in [3.63, 3.8) is 0 Å². The Bertz CT molecular complexity index is 1110. The molecule has 0 atom stereocenters. The van der Waals surface area contributed by atoms with Gasteiger partial charge >= 0.3 is 0 Å². The molecule has 3 heterocycles. The van der Waals surface area contributed by atoms with Crippen LogP contribution in [0, 0.1) is 6.92 Å². The number of carbonyl (C=O) groups is 1. The number of hydrogen-bond donors (Lipinski definition) is 1. The molecule has 0 unspecified atom stereocenters. The second-order valence-electron chi connectivity index (χ2n) is 6.95. The standard InChI is InChI=1S/C21H22N4OS2/c1-14-19(28-21(22-14)18-5-4-12-27-18)20(26)23-16-6-7-17-15(13-16)8-9-25(17)11-10-24(2)3/h4-9,12-13H,10-11H2,1-3H3,(H,23,26). The summed E-state index contributed by atoms with van der Waals surface area (Å²) in [7, 11) is 4.15. The van der Waals surface area contributed by atoms with Crippen LogP contribution in [-0.2, 0) is 6.54 Å². The van der Waals surface area contributed by atoms with Crippen molar-refractivity contribution in [1.82, 2.24) is 14.5 Å². The highest BCUT2D eigenvalue weighted by atomic mass is 32.1. The van der Waals surface area contributed by atoms with E-state index < -0.39 is 0 Å². The number of hydrogen-bond acceptors (Lipinski definition) is 5. The molecule has 0 bridgehead atoms. The average Bonchev–Trinajstić information content (AvgIpc) is 3.39.